The summed E-state index contributed by atoms with van der Waals surface area (Å²) in [4.78, 5) is 18.7. The minimum Gasteiger partial charge on any atom is -0.483 e. The highest BCUT2D eigenvalue weighted by atomic mass is 32.2. The second kappa shape index (κ2) is 14.2. The van der Waals surface area contributed by atoms with Gasteiger partial charge in [0, 0.05) is 19.6 Å². The third-order valence-corrected chi connectivity index (χ3v) is 9.24. The summed E-state index contributed by atoms with van der Waals surface area (Å²) in [6.45, 7) is -0.737. The minimum absolute atomic E-state index is 0.0956. The Morgan fingerprint density at radius 3 is 1.51 bits per heavy atom. The molecule has 0 fully saturated rings. The van der Waals surface area contributed by atoms with Crippen LogP contribution in [0.4, 0.5) is 17.6 Å². The molecule has 3 aromatic rings. The molecule has 0 heterocycles. The molecule has 0 atom stereocenters. The summed E-state index contributed by atoms with van der Waals surface area (Å²) >= 11 is 0. The Bertz CT molecular complexity index is 1620. The molecule has 3 rings (SSSR count). The number of hydrogen-bond donors (Lipinski definition) is 2. The molecule has 0 saturated carbocycles. The summed E-state index contributed by atoms with van der Waals surface area (Å²) in [6.07, 6.45) is 0. The van der Waals surface area contributed by atoms with Gasteiger partial charge in [-0.25, -0.2) is 34.4 Å². The lowest BCUT2D eigenvalue weighted by Crippen LogP contribution is -2.36. The Morgan fingerprint density at radius 2 is 1.15 bits per heavy atom. The van der Waals surface area contributed by atoms with E-state index in [-0.39, 0.29) is 30.7 Å². The summed E-state index contributed by atoms with van der Waals surface area (Å²) < 4.78 is 108. The number of carbonyl (C=O) groups is 2. The maximum Gasteiger partial charge on any atom is 0.318 e. The van der Waals surface area contributed by atoms with Gasteiger partial charge in [0.2, 0.25) is 20.0 Å². The predicted octanol–water partition coefficient (Wildman–Crippen LogP) is 3.43. The number of benzene rings is 3. The van der Waals surface area contributed by atoms with Crippen molar-refractivity contribution >= 4 is 32.5 Å². The molecule has 0 aliphatic heterocycles. The Hall–Kier alpha value is -3.86. The van der Waals surface area contributed by atoms with Crippen molar-refractivity contribution in [2.75, 3.05) is 13.1 Å². The van der Waals surface area contributed by atoms with Crippen molar-refractivity contribution in [3.63, 3.8) is 0 Å². The van der Waals surface area contributed by atoms with Crippen molar-refractivity contribution < 1.29 is 54.2 Å². The Labute approximate surface area is 233 Å². The number of sulfonamides is 2. The van der Waals surface area contributed by atoms with Gasteiger partial charge in [0.15, 0.2) is 23.3 Å². The Balaban J connectivity index is 0.00000187. The molecular formula is C25H24F4N2O8S2. The van der Waals surface area contributed by atoms with Crippen molar-refractivity contribution in [1.82, 2.24) is 8.61 Å². The van der Waals surface area contributed by atoms with Crippen LogP contribution in [0.25, 0.3) is 0 Å². The van der Waals surface area contributed by atoms with Gasteiger partial charge in [-0.05, 0) is 47.5 Å². The van der Waals surface area contributed by atoms with Crippen LogP contribution < -0.4 is 0 Å². The van der Waals surface area contributed by atoms with Crippen LogP contribution in [0.15, 0.2) is 70.5 Å². The number of carboxylic acid groups (broad SMARTS) is 2. The van der Waals surface area contributed by atoms with E-state index < -0.39 is 72.2 Å². The van der Waals surface area contributed by atoms with E-state index in [1.54, 1.807) is 6.07 Å². The number of nitrogens with zero attached hydrogens (tertiary/aromatic N) is 2. The van der Waals surface area contributed by atoms with Crippen LogP contribution in [0.5, 0.6) is 0 Å². The molecule has 0 amide bonds. The van der Waals surface area contributed by atoms with Gasteiger partial charge in [0.05, 0.1) is 9.79 Å². The monoisotopic (exact) mass is 620 g/mol. The summed E-state index contributed by atoms with van der Waals surface area (Å²) in [5, 5.41) is 16.2. The van der Waals surface area contributed by atoms with E-state index in [1.807, 2.05) is 0 Å². The molecule has 0 unspecified atom stereocenters. The summed E-state index contributed by atoms with van der Waals surface area (Å²) in [6, 6.07) is 9.94. The van der Waals surface area contributed by atoms with E-state index in [0.717, 1.165) is 16.4 Å². The molecule has 10 nitrogen and oxygen atoms in total. The third kappa shape index (κ3) is 8.32. The Morgan fingerprint density at radius 1 is 0.756 bits per heavy atom. The zero-order valence-corrected chi connectivity index (χ0v) is 22.9. The van der Waals surface area contributed by atoms with Gasteiger partial charge < -0.3 is 10.2 Å². The van der Waals surface area contributed by atoms with Gasteiger partial charge in [0.1, 0.15) is 6.54 Å². The zero-order chi connectivity index (χ0) is 31.0. The zero-order valence-electron chi connectivity index (χ0n) is 21.2. The summed E-state index contributed by atoms with van der Waals surface area (Å²) in [7, 11) is -8.94. The molecule has 16 heteroatoms. The molecule has 0 radical (unpaired) electrons. The highest BCUT2D eigenvalue weighted by Gasteiger charge is 2.30. The van der Waals surface area contributed by atoms with E-state index in [9.17, 15) is 44.3 Å². The third-order valence-electron chi connectivity index (χ3n) is 5.53. The highest BCUT2D eigenvalue weighted by Crippen LogP contribution is 2.25. The molecule has 2 N–H and O–H groups in total. The van der Waals surface area contributed by atoms with Crippen LogP contribution >= 0.6 is 0 Å². The first-order valence-corrected chi connectivity index (χ1v) is 14.3. The Kier molecular flexibility index (Phi) is 11.5. The first-order valence-electron chi connectivity index (χ1n) is 11.5. The van der Waals surface area contributed by atoms with Crippen LogP contribution in [0, 0.1) is 23.3 Å². The van der Waals surface area contributed by atoms with E-state index in [1.165, 1.54) is 25.1 Å². The number of carboxylic acids is 1. The number of aliphatic carboxylic acids is 1. The largest absolute Gasteiger partial charge is 0.483 e. The predicted molar refractivity (Wildman–Crippen MR) is 136 cm³/mol. The van der Waals surface area contributed by atoms with Crippen molar-refractivity contribution in [1.29, 1.82) is 0 Å². The van der Waals surface area contributed by atoms with Gasteiger partial charge >= 0.3 is 5.97 Å². The van der Waals surface area contributed by atoms with Crippen molar-refractivity contribution in [3.8, 4) is 0 Å². The second-order valence-electron chi connectivity index (χ2n) is 8.12. The molecule has 0 aliphatic carbocycles. The van der Waals surface area contributed by atoms with E-state index in [0.29, 0.717) is 28.6 Å². The van der Waals surface area contributed by atoms with Gasteiger partial charge in [-0.3, -0.25) is 9.59 Å². The number of rotatable bonds is 11. The van der Waals surface area contributed by atoms with E-state index in [4.69, 9.17) is 9.90 Å². The molecule has 222 valence electrons. The van der Waals surface area contributed by atoms with Crippen molar-refractivity contribution in [3.05, 3.63) is 95.1 Å². The minimum atomic E-state index is -4.63. The molecule has 0 saturated heterocycles. The lowest BCUT2D eigenvalue weighted by molar-refractivity contribution is -0.137. The molecule has 0 aromatic heterocycles. The van der Waals surface area contributed by atoms with Gasteiger partial charge in [0.25, 0.3) is 6.47 Å². The van der Waals surface area contributed by atoms with Gasteiger partial charge in [-0.2, -0.15) is 8.61 Å². The molecule has 0 aliphatic rings. The number of hydrogen-bond acceptors (Lipinski definition) is 6. The lowest BCUT2D eigenvalue weighted by Gasteiger charge is -2.25. The fourth-order valence-electron chi connectivity index (χ4n) is 3.56. The topological polar surface area (TPSA) is 149 Å². The van der Waals surface area contributed by atoms with Crippen LogP contribution in [0.1, 0.15) is 18.1 Å². The van der Waals surface area contributed by atoms with Crippen LogP contribution in [-0.4, -0.2) is 61.2 Å². The van der Waals surface area contributed by atoms with Crippen LogP contribution in [0.2, 0.25) is 0 Å². The van der Waals surface area contributed by atoms with Gasteiger partial charge in [-0.15, -0.1) is 0 Å². The van der Waals surface area contributed by atoms with Crippen molar-refractivity contribution in [2.24, 2.45) is 0 Å². The second-order valence-corrected chi connectivity index (χ2v) is 12.0. The average molecular weight is 621 g/mol. The fraction of sp³-hybridized carbons (Fsp3) is 0.200. The van der Waals surface area contributed by atoms with E-state index >= 15 is 0 Å². The lowest BCUT2D eigenvalue weighted by atomic mass is 10.1. The molecule has 0 bridgehead atoms. The molecule has 41 heavy (non-hydrogen) atoms. The highest BCUT2D eigenvalue weighted by molar-refractivity contribution is 7.89. The van der Waals surface area contributed by atoms with Crippen LogP contribution in [0.3, 0.4) is 0 Å². The maximum atomic E-state index is 13.7. The normalized spacial score (nSPS) is 11.7. The first kappa shape index (κ1) is 33.3. The maximum absolute atomic E-state index is 13.7. The molecule has 0 spiro atoms. The van der Waals surface area contributed by atoms with Gasteiger partial charge in [-0.1, -0.05) is 31.2 Å². The van der Waals surface area contributed by atoms with E-state index in [2.05, 4.69) is 0 Å². The van der Waals surface area contributed by atoms with Crippen molar-refractivity contribution in [2.45, 2.75) is 29.8 Å². The summed E-state index contributed by atoms with van der Waals surface area (Å²) in [5.41, 5.74) is 0.509. The van der Waals surface area contributed by atoms with Crippen LogP contribution in [-0.2, 0) is 42.7 Å². The summed E-state index contributed by atoms with van der Waals surface area (Å²) in [5.74, 6) is -6.83. The standard InChI is InChI=1S/C24H22F4N2O6S2.CH2O2/c1-2-29(37(33,34)18-7-9-20(25)22(27)11-18)13-16-5-3-4-6-17(16)14-30(15-24(31)32)38(35,36)19-8-10-21(26)23(28)12-19;2-1-3/h3-12H,2,13-15H2,1H3,(H,31,32);1H,(H,2,3). The smallest absolute Gasteiger partial charge is 0.318 e. The first-order chi connectivity index (χ1) is 19.2. The molecular weight excluding hydrogens is 596 g/mol. The fourth-order valence-corrected chi connectivity index (χ4v) is 6.38. The quantitative estimate of drug-likeness (QED) is 0.245. The number of halogens is 4. The molecule has 3 aromatic carbocycles. The average Bonchev–Trinajstić information content (AvgIpc) is 2.90. The SMILES string of the molecule is CCN(Cc1ccccc1CN(CC(=O)O)S(=O)(=O)c1ccc(F)c(F)c1)S(=O)(=O)c1ccc(F)c(F)c1.O=CO.